The minimum Gasteiger partial charge on any atom is -0.358 e. The van der Waals surface area contributed by atoms with Gasteiger partial charge in [0.25, 0.3) is 17.3 Å². The molecule has 0 fully saturated rings. The molecule has 0 aliphatic carbocycles. The maximum Gasteiger partial charge on any atom is 0.343 e. The Balaban J connectivity index is 2.37. The van der Waals surface area contributed by atoms with E-state index in [1.165, 1.54) is 6.92 Å². The summed E-state index contributed by atoms with van der Waals surface area (Å²) in [7, 11) is 0. The van der Waals surface area contributed by atoms with Gasteiger partial charge >= 0.3 is 5.82 Å². The number of nitrogens with zero attached hydrogens (tertiary/aromatic N) is 4. The number of H-pyrrole nitrogens is 1. The maximum atomic E-state index is 11.9. The van der Waals surface area contributed by atoms with Gasteiger partial charge in [-0.15, -0.1) is 5.10 Å². The van der Waals surface area contributed by atoms with E-state index in [0.29, 0.717) is 0 Å². The van der Waals surface area contributed by atoms with Crippen molar-refractivity contribution in [2.75, 3.05) is 5.32 Å². The van der Waals surface area contributed by atoms with Gasteiger partial charge in [0.05, 0.1) is 21.6 Å². The van der Waals surface area contributed by atoms with Crippen LogP contribution in [0.15, 0.2) is 18.2 Å². The summed E-state index contributed by atoms with van der Waals surface area (Å²) in [5.74, 6) is -1.45. The van der Waals surface area contributed by atoms with Crippen LogP contribution in [0.1, 0.15) is 16.1 Å². The highest BCUT2D eigenvalue weighted by molar-refractivity contribution is 6.03. The molecule has 0 unspecified atom stereocenters. The van der Waals surface area contributed by atoms with Crippen molar-refractivity contribution >= 4 is 28.8 Å². The molecular formula is C11H8N6O7. The maximum absolute atomic E-state index is 11.9. The van der Waals surface area contributed by atoms with Crippen molar-refractivity contribution in [2.24, 2.45) is 0 Å². The first-order valence-electron chi connectivity index (χ1n) is 6.15. The summed E-state index contributed by atoms with van der Waals surface area (Å²) in [6.45, 7) is 1.21. The second kappa shape index (κ2) is 6.07. The highest BCUT2D eigenvalue weighted by atomic mass is 16.6. The van der Waals surface area contributed by atoms with E-state index in [-0.39, 0.29) is 16.9 Å². The zero-order chi connectivity index (χ0) is 18.0. The number of aromatic nitrogens is 2. The van der Waals surface area contributed by atoms with Gasteiger partial charge in [-0.3, -0.25) is 25.0 Å². The van der Waals surface area contributed by atoms with Gasteiger partial charge in [0, 0.05) is 12.1 Å². The van der Waals surface area contributed by atoms with E-state index in [1.807, 2.05) is 5.10 Å². The number of aromatic amines is 1. The van der Waals surface area contributed by atoms with Crippen molar-refractivity contribution in [1.82, 2.24) is 10.2 Å². The van der Waals surface area contributed by atoms with Crippen LogP contribution in [-0.2, 0) is 0 Å². The number of hydrogen-bond donors (Lipinski definition) is 2. The average molecular weight is 336 g/mol. The first kappa shape index (κ1) is 16.5. The lowest BCUT2D eigenvalue weighted by Gasteiger charge is -2.05. The van der Waals surface area contributed by atoms with Gasteiger partial charge in [0.2, 0.25) is 0 Å². The van der Waals surface area contributed by atoms with Crippen LogP contribution < -0.4 is 5.32 Å². The minimum atomic E-state index is -0.924. The van der Waals surface area contributed by atoms with Gasteiger partial charge in [-0.1, -0.05) is 5.10 Å². The monoisotopic (exact) mass is 336 g/mol. The summed E-state index contributed by atoms with van der Waals surface area (Å²) < 4.78 is 0. The Morgan fingerprint density at radius 1 is 1.04 bits per heavy atom. The van der Waals surface area contributed by atoms with E-state index in [9.17, 15) is 35.1 Å². The second-order valence-electron chi connectivity index (χ2n) is 4.50. The molecule has 0 aliphatic heterocycles. The Morgan fingerprint density at radius 3 is 2.00 bits per heavy atom. The summed E-state index contributed by atoms with van der Waals surface area (Å²) >= 11 is 0. The quantitative estimate of drug-likeness (QED) is 0.609. The number of nitrogens with one attached hydrogen (secondary N) is 2. The number of benzene rings is 1. The molecule has 0 saturated heterocycles. The topological polar surface area (TPSA) is 187 Å². The Bertz CT molecular complexity index is 838. The van der Waals surface area contributed by atoms with Crippen LogP contribution in [0.3, 0.4) is 0 Å². The average Bonchev–Trinajstić information content (AvgIpc) is 2.98. The molecule has 1 heterocycles. The number of carbonyl (C=O) groups excluding carboxylic acids is 1. The lowest BCUT2D eigenvalue weighted by atomic mass is 10.1. The van der Waals surface area contributed by atoms with Crippen LogP contribution in [0.25, 0.3) is 0 Å². The summed E-state index contributed by atoms with van der Waals surface area (Å²) in [5, 5.41) is 40.1. The van der Waals surface area contributed by atoms with Crippen molar-refractivity contribution in [3.63, 3.8) is 0 Å². The van der Waals surface area contributed by atoms with Crippen LogP contribution in [0.4, 0.5) is 22.9 Å². The van der Waals surface area contributed by atoms with Crippen LogP contribution >= 0.6 is 0 Å². The fraction of sp³-hybridized carbons (Fsp3) is 0.0909. The van der Waals surface area contributed by atoms with Gasteiger partial charge in [-0.25, -0.2) is 0 Å². The lowest BCUT2D eigenvalue weighted by molar-refractivity contribution is -0.395. The van der Waals surface area contributed by atoms with E-state index < -0.39 is 37.9 Å². The summed E-state index contributed by atoms with van der Waals surface area (Å²) in [4.78, 5) is 41.9. The highest BCUT2D eigenvalue weighted by Crippen LogP contribution is 2.31. The number of nitro groups is 3. The molecule has 2 aromatic rings. The molecule has 0 spiro atoms. The molecule has 1 aromatic heterocycles. The lowest BCUT2D eigenvalue weighted by Crippen LogP contribution is -2.13. The molecular weight excluding hydrogens is 328 g/mol. The molecule has 2 N–H and O–H groups in total. The SMILES string of the molecule is Cc1c([N+](=O)[O-])cc(NC(=O)c2cc([N+](=O)[O-])[nH]n2)cc1[N+](=O)[O-]. The molecule has 2 rings (SSSR count). The van der Waals surface area contributed by atoms with Crippen molar-refractivity contribution in [1.29, 1.82) is 0 Å². The van der Waals surface area contributed by atoms with Gasteiger partial charge in [-0.05, 0) is 11.8 Å². The second-order valence-corrected chi connectivity index (χ2v) is 4.50. The van der Waals surface area contributed by atoms with Gasteiger partial charge in [0.15, 0.2) is 5.69 Å². The third-order valence-corrected chi connectivity index (χ3v) is 3.00. The van der Waals surface area contributed by atoms with E-state index >= 15 is 0 Å². The van der Waals surface area contributed by atoms with Crippen LogP contribution in [0.5, 0.6) is 0 Å². The number of hydrogen-bond acceptors (Lipinski definition) is 8. The molecule has 13 heteroatoms. The van der Waals surface area contributed by atoms with Gasteiger partial charge < -0.3 is 15.4 Å². The first-order chi connectivity index (χ1) is 11.2. The Kier molecular flexibility index (Phi) is 4.17. The first-order valence-corrected chi connectivity index (χ1v) is 6.15. The molecule has 1 amide bonds. The van der Waals surface area contributed by atoms with Gasteiger partial charge in [0.1, 0.15) is 5.56 Å². The Hall–Kier alpha value is -3.90. The molecule has 0 bridgehead atoms. The molecule has 0 aliphatic rings. The van der Waals surface area contributed by atoms with Crippen molar-refractivity contribution in [3.8, 4) is 0 Å². The Morgan fingerprint density at radius 2 is 1.58 bits per heavy atom. The molecule has 24 heavy (non-hydrogen) atoms. The number of nitro benzene ring substituents is 2. The van der Waals surface area contributed by atoms with Crippen molar-refractivity contribution < 1.29 is 19.6 Å². The molecule has 0 radical (unpaired) electrons. The normalized spacial score (nSPS) is 10.2. The van der Waals surface area contributed by atoms with E-state index in [1.54, 1.807) is 0 Å². The van der Waals surface area contributed by atoms with E-state index in [0.717, 1.165) is 18.2 Å². The molecule has 0 atom stereocenters. The van der Waals surface area contributed by atoms with E-state index in [4.69, 9.17) is 0 Å². The molecule has 124 valence electrons. The van der Waals surface area contributed by atoms with Crippen LogP contribution in [-0.4, -0.2) is 30.9 Å². The molecule has 13 nitrogen and oxygen atoms in total. The molecule has 0 saturated carbocycles. The van der Waals surface area contributed by atoms with Crippen molar-refractivity contribution in [3.05, 3.63) is 59.8 Å². The smallest absolute Gasteiger partial charge is 0.343 e. The number of amides is 1. The Labute approximate surface area is 131 Å². The summed E-state index contributed by atoms with van der Waals surface area (Å²) in [6.07, 6.45) is 0. The van der Waals surface area contributed by atoms with E-state index in [2.05, 4.69) is 10.4 Å². The standard InChI is InChI=1S/C11H8N6O7/c1-5-8(15(19)20)2-6(3-9(5)16(21)22)12-11(18)7-4-10(14-13-7)17(23)24/h2-4H,1H3,(H,12,18)(H,13,14). The number of anilines is 1. The summed E-state index contributed by atoms with van der Waals surface area (Å²) in [5.41, 5.74) is -1.83. The fourth-order valence-corrected chi connectivity index (χ4v) is 1.85. The highest BCUT2D eigenvalue weighted by Gasteiger charge is 2.24. The van der Waals surface area contributed by atoms with Gasteiger partial charge in [-0.2, -0.15) is 0 Å². The predicted molar refractivity (Wildman–Crippen MR) is 77.7 cm³/mol. The van der Waals surface area contributed by atoms with Crippen LogP contribution in [0, 0.1) is 37.3 Å². The number of carbonyl (C=O) groups is 1. The zero-order valence-electron chi connectivity index (χ0n) is 11.9. The number of rotatable bonds is 5. The minimum absolute atomic E-state index is 0.168. The fourth-order valence-electron chi connectivity index (χ4n) is 1.85. The van der Waals surface area contributed by atoms with Crippen LogP contribution in [0.2, 0.25) is 0 Å². The molecule has 1 aromatic carbocycles. The van der Waals surface area contributed by atoms with Crippen molar-refractivity contribution in [2.45, 2.75) is 6.92 Å². The zero-order valence-corrected chi connectivity index (χ0v) is 11.9. The predicted octanol–water partition coefficient (Wildman–Crippen LogP) is 1.70. The largest absolute Gasteiger partial charge is 0.358 e. The summed E-state index contributed by atoms with van der Waals surface area (Å²) in [6, 6.07) is 2.74. The third-order valence-electron chi connectivity index (χ3n) is 3.00. The third kappa shape index (κ3) is 3.13.